The number of nitrogens with zero attached hydrogens (tertiary/aromatic N) is 1. The number of nitrogens with two attached hydrogens (primary N) is 1. The molecule has 10 heavy (non-hydrogen) atoms. The van der Waals surface area contributed by atoms with Crippen LogP contribution in [-0.4, -0.2) is 30.6 Å². The van der Waals surface area contributed by atoms with Gasteiger partial charge in [0, 0.05) is 12.6 Å². The molecule has 0 saturated carbocycles. The van der Waals surface area contributed by atoms with Gasteiger partial charge in [-0.25, -0.2) is 0 Å². The second-order valence-corrected chi connectivity index (χ2v) is 3.63. The standard InChI is InChI=1S/C8H16N2/c9-5-7-4-8-2-1-3-10(8)6-7/h7-8H,1-6,9H2/t7-,8-/m0/s1. The Morgan fingerprint density at radius 2 is 2.40 bits per heavy atom. The third-order valence-corrected chi connectivity index (χ3v) is 2.93. The zero-order valence-corrected chi connectivity index (χ0v) is 6.42. The van der Waals surface area contributed by atoms with Crippen LogP contribution < -0.4 is 5.73 Å². The van der Waals surface area contributed by atoms with Gasteiger partial charge in [0.15, 0.2) is 0 Å². The molecule has 0 amide bonds. The fourth-order valence-electron chi connectivity index (χ4n) is 2.36. The molecule has 2 aliphatic heterocycles. The van der Waals surface area contributed by atoms with Crippen LogP contribution in [0.4, 0.5) is 0 Å². The van der Waals surface area contributed by atoms with E-state index in [9.17, 15) is 0 Å². The Morgan fingerprint density at radius 3 is 3.10 bits per heavy atom. The quantitative estimate of drug-likeness (QED) is 0.572. The highest BCUT2D eigenvalue weighted by Crippen LogP contribution is 2.30. The monoisotopic (exact) mass is 140 g/mol. The van der Waals surface area contributed by atoms with Crippen LogP contribution >= 0.6 is 0 Å². The first-order chi connectivity index (χ1) is 4.90. The fraction of sp³-hybridized carbons (Fsp3) is 1.00. The largest absolute Gasteiger partial charge is 0.330 e. The van der Waals surface area contributed by atoms with Crippen molar-refractivity contribution in [1.82, 2.24) is 4.90 Å². The van der Waals surface area contributed by atoms with E-state index in [1.807, 2.05) is 0 Å². The highest BCUT2D eigenvalue weighted by atomic mass is 15.2. The summed E-state index contributed by atoms with van der Waals surface area (Å²) in [5, 5.41) is 0. The lowest BCUT2D eigenvalue weighted by Crippen LogP contribution is -2.23. The first-order valence-corrected chi connectivity index (χ1v) is 4.34. The van der Waals surface area contributed by atoms with E-state index in [1.165, 1.54) is 32.4 Å². The summed E-state index contributed by atoms with van der Waals surface area (Å²) in [5.74, 6) is 0.810. The maximum Gasteiger partial charge on any atom is 0.00994 e. The van der Waals surface area contributed by atoms with Crippen molar-refractivity contribution in [3.05, 3.63) is 0 Å². The molecular weight excluding hydrogens is 124 g/mol. The van der Waals surface area contributed by atoms with Crippen molar-refractivity contribution in [2.24, 2.45) is 11.7 Å². The van der Waals surface area contributed by atoms with Gasteiger partial charge in [-0.3, -0.25) is 0 Å². The van der Waals surface area contributed by atoms with E-state index in [4.69, 9.17) is 5.73 Å². The summed E-state index contributed by atoms with van der Waals surface area (Å²) in [7, 11) is 0. The van der Waals surface area contributed by atoms with Crippen LogP contribution in [0.2, 0.25) is 0 Å². The molecule has 2 heteroatoms. The fourth-order valence-corrected chi connectivity index (χ4v) is 2.36. The molecule has 2 rings (SSSR count). The summed E-state index contributed by atoms with van der Waals surface area (Å²) in [6, 6.07) is 0.911. The minimum atomic E-state index is 0.810. The van der Waals surface area contributed by atoms with Gasteiger partial charge in [0.2, 0.25) is 0 Å². The van der Waals surface area contributed by atoms with Gasteiger partial charge in [-0.1, -0.05) is 0 Å². The molecule has 0 aromatic carbocycles. The zero-order valence-electron chi connectivity index (χ0n) is 6.42. The smallest absolute Gasteiger partial charge is 0.00994 e. The Bertz CT molecular complexity index is 112. The number of hydrogen-bond acceptors (Lipinski definition) is 2. The number of hydrogen-bond donors (Lipinski definition) is 1. The van der Waals surface area contributed by atoms with Crippen molar-refractivity contribution >= 4 is 0 Å². The minimum Gasteiger partial charge on any atom is -0.330 e. The van der Waals surface area contributed by atoms with Gasteiger partial charge in [-0.05, 0) is 38.3 Å². The molecular formula is C8H16N2. The highest BCUT2D eigenvalue weighted by molar-refractivity contribution is 4.89. The molecule has 0 radical (unpaired) electrons. The molecule has 58 valence electrons. The van der Waals surface area contributed by atoms with Crippen LogP contribution in [0.15, 0.2) is 0 Å². The first kappa shape index (κ1) is 6.62. The Hall–Kier alpha value is -0.0800. The molecule has 0 aromatic heterocycles. The van der Waals surface area contributed by atoms with Crippen molar-refractivity contribution in [2.45, 2.75) is 25.3 Å². The summed E-state index contributed by atoms with van der Waals surface area (Å²) >= 11 is 0. The van der Waals surface area contributed by atoms with E-state index >= 15 is 0 Å². The molecule has 2 N–H and O–H groups in total. The van der Waals surface area contributed by atoms with Gasteiger partial charge in [0.25, 0.3) is 0 Å². The Balaban J connectivity index is 1.94. The molecule has 0 aliphatic carbocycles. The maximum absolute atomic E-state index is 5.61. The summed E-state index contributed by atoms with van der Waals surface area (Å²) in [6.07, 6.45) is 4.22. The Morgan fingerprint density at radius 1 is 1.50 bits per heavy atom. The van der Waals surface area contributed by atoms with Crippen LogP contribution in [0.3, 0.4) is 0 Å². The van der Waals surface area contributed by atoms with Crippen LogP contribution in [0.25, 0.3) is 0 Å². The Labute approximate surface area is 62.4 Å². The third-order valence-electron chi connectivity index (χ3n) is 2.93. The SMILES string of the molecule is NC[C@@H]1C[C@@H]2CCCN2C1. The van der Waals surface area contributed by atoms with Gasteiger partial charge >= 0.3 is 0 Å². The molecule has 0 aromatic rings. The first-order valence-electron chi connectivity index (χ1n) is 4.34. The average Bonchev–Trinajstić information content (AvgIpc) is 2.42. The van der Waals surface area contributed by atoms with Crippen LogP contribution in [0.5, 0.6) is 0 Å². The molecule has 2 nitrogen and oxygen atoms in total. The van der Waals surface area contributed by atoms with E-state index < -0.39 is 0 Å². The number of rotatable bonds is 1. The normalized spacial score (nSPS) is 40.5. The van der Waals surface area contributed by atoms with E-state index in [1.54, 1.807) is 0 Å². The molecule has 2 aliphatic rings. The molecule has 2 atom stereocenters. The van der Waals surface area contributed by atoms with E-state index in [2.05, 4.69) is 4.90 Å². The van der Waals surface area contributed by atoms with Crippen molar-refractivity contribution < 1.29 is 0 Å². The zero-order chi connectivity index (χ0) is 6.97. The van der Waals surface area contributed by atoms with Gasteiger partial charge in [-0.2, -0.15) is 0 Å². The second kappa shape index (κ2) is 2.51. The minimum absolute atomic E-state index is 0.810. The van der Waals surface area contributed by atoms with Gasteiger partial charge in [-0.15, -0.1) is 0 Å². The van der Waals surface area contributed by atoms with Crippen molar-refractivity contribution in [2.75, 3.05) is 19.6 Å². The predicted octanol–water partition coefficient (Wildman–Crippen LogP) is 0.429. The van der Waals surface area contributed by atoms with Gasteiger partial charge in [0.1, 0.15) is 0 Å². The van der Waals surface area contributed by atoms with E-state index in [-0.39, 0.29) is 0 Å². The van der Waals surface area contributed by atoms with E-state index in [0.29, 0.717) is 0 Å². The lowest BCUT2D eigenvalue weighted by molar-refractivity contribution is 0.318. The summed E-state index contributed by atoms with van der Waals surface area (Å²) in [4.78, 5) is 2.61. The van der Waals surface area contributed by atoms with Gasteiger partial charge in [0.05, 0.1) is 0 Å². The third kappa shape index (κ3) is 0.956. The van der Waals surface area contributed by atoms with Gasteiger partial charge < -0.3 is 10.6 Å². The van der Waals surface area contributed by atoms with E-state index in [0.717, 1.165) is 18.5 Å². The second-order valence-electron chi connectivity index (χ2n) is 3.63. The molecule has 0 bridgehead atoms. The average molecular weight is 140 g/mol. The topological polar surface area (TPSA) is 29.3 Å². The number of fused-ring (bicyclic) bond motifs is 1. The lowest BCUT2D eigenvalue weighted by atomic mass is 10.0. The van der Waals surface area contributed by atoms with Crippen LogP contribution in [0, 0.1) is 5.92 Å². The molecule has 0 unspecified atom stereocenters. The van der Waals surface area contributed by atoms with Crippen molar-refractivity contribution in [3.8, 4) is 0 Å². The van der Waals surface area contributed by atoms with Crippen molar-refractivity contribution in [3.63, 3.8) is 0 Å². The molecule has 0 spiro atoms. The molecule has 2 saturated heterocycles. The van der Waals surface area contributed by atoms with Crippen LogP contribution in [-0.2, 0) is 0 Å². The lowest BCUT2D eigenvalue weighted by Gasteiger charge is -2.12. The summed E-state index contributed by atoms with van der Waals surface area (Å²) < 4.78 is 0. The van der Waals surface area contributed by atoms with Crippen LogP contribution in [0.1, 0.15) is 19.3 Å². The van der Waals surface area contributed by atoms with Crippen molar-refractivity contribution in [1.29, 1.82) is 0 Å². The predicted molar refractivity (Wildman–Crippen MR) is 41.8 cm³/mol. The molecule has 2 heterocycles. The maximum atomic E-state index is 5.61. The Kier molecular flexibility index (Phi) is 1.66. The molecule has 2 fully saturated rings. The summed E-state index contributed by atoms with van der Waals surface area (Å²) in [5.41, 5.74) is 5.61. The summed E-state index contributed by atoms with van der Waals surface area (Å²) in [6.45, 7) is 3.51. The highest BCUT2D eigenvalue weighted by Gasteiger charge is 2.33.